The Morgan fingerprint density at radius 3 is 2.78 bits per heavy atom. The van der Waals surface area contributed by atoms with Crippen LogP contribution >= 0.6 is 0 Å². The van der Waals surface area contributed by atoms with Gasteiger partial charge < -0.3 is 20.3 Å². The molecule has 1 amide bonds. The van der Waals surface area contributed by atoms with Gasteiger partial charge in [-0.15, -0.1) is 0 Å². The molecule has 1 atom stereocenters. The number of aliphatic hydroxyl groups excluding tert-OH is 1. The zero-order valence-corrected chi connectivity index (χ0v) is 10.6. The monoisotopic (exact) mass is 253 g/mol. The highest BCUT2D eigenvalue weighted by molar-refractivity contribution is 5.95. The van der Waals surface area contributed by atoms with E-state index in [1.54, 1.807) is 20.1 Å². The number of ether oxygens (including phenoxy) is 1. The van der Waals surface area contributed by atoms with E-state index in [1.807, 2.05) is 0 Å². The first kappa shape index (κ1) is 14.5. The first-order valence-electron chi connectivity index (χ1n) is 5.78. The summed E-state index contributed by atoms with van der Waals surface area (Å²) in [4.78, 5) is 12.0. The minimum atomic E-state index is -0.328. The van der Waals surface area contributed by atoms with Gasteiger partial charge in [-0.05, 0) is 37.1 Å². The highest BCUT2D eigenvalue weighted by Crippen LogP contribution is 2.15. The third kappa shape index (κ3) is 4.01. The van der Waals surface area contributed by atoms with Crippen LogP contribution < -0.4 is 5.32 Å². The van der Waals surface area contributed by atoms with Crippen LogP contribution in [0.1, 0.15) is 22.3 Å². The highest BCUT2D eigenvalue weighted by atomic mass is 16.5. The van der Waals surface area contributed by atoms with E-state index in [2.05, 4.69) is 5.32 Å². The Balaban J connectivity index is 2.68. The van der Waals surface area contributed by atoms with E-state index >= 15 is 0 Å². The molecule has 3 N–H and O–H groups in total. The maximum Gasteiger partial charge on any atom is 0.251 e. The maximum absolute atomic E-state index is 12.0. The number of carbonyl (C=O) groups is 1. The van der Waals surface area contributed by atoms with Gasteiger partial charge in [0.1, 0.15) is 5.75 Å². The Kier molecular flexibility index (Phi) is 5.61. The number of carbonyl (C=O) groups excluding carboxylic acids is 1. The lowest BCUT2D eigenvalue weighted by molar-refractivity contribution is 0.0894. The molecular weight excluding hydrogens is 234 g/mol. The third-order valence-electron chi connectivity index (χ3n) is 2.68. The molecule has 0 aliphatic carbocycles. The van der Waals surface area contributed by atoms with Gasteiger partial charge in [0.25, 0.3) is 5.91 Å². The van der Waals surface area contributed by atoms with Gasteiger partial charge in [0.2, 0.25) is 0 Å². The van der Waals surface area contributed by atoms with Gasteiger partial charge in [-0.3, -0.25) is 4.79 Å². The van der Waals surface area contributed by atoms with Crippen LogP contribution in [0.3, 0.4) is 0 Å². The second kappa shape index (κ2) is 6.98. The fourth-order valence-corrected chi connectivity index (χ4v) is 1.63. The molecule has 100 valence electrons. The van der Waals surface area contributed by atoms with Crippen LogP contribution in [0.2, 0.25) is 0 Å². The number of aryl methyl sites for hydroxylation is 1. The van der Waals surface area contributed by atoms with Crippen LogP contribution in [0.25, 0.3) is 0 Å². The average Bonchev–Trinajstić information content (AvgIpc) is 2.34. The predicted molar refractivity (Wildman–Crippen MR) is 67.7 cm³/mol. The molecule has 5 nitrogen and oxygen atoms in total. The van der Waals surface area contributed by atoms with Crippen molar-refractivity contribution in [2.24, 2.45) is 0 Å². The van der Waals surface area contributed by atoms with E-state index < -0.39 is 0 Å². The lowest BCUT2D eigenvalue weighted by Gasteiger charge is -2.16. The van der Waals surface area contributed by atoms with Crippen molar-refractivity contribution >= 4 is 5.91 Å². The number of aromatic hydroxyl groups is 1. The number of methoxy groups -OCH3 is 1. The molecule has 1 aromatic rings. The van der Waals surface area contributed by atoms with E-state index in [0.717, 1.165) is 0 Å². The summed E-state index contributed by atoms with van der Waals surface area (Å²) in [7, 11) is 1.57. The van der Waals surface area contributed by atoms with Crippen LogP contribution in [0.15, 0.2) is 18.2 Å². The number of benzene rings is 1. The van der Waals surface area contributed by atoms with Crippen molar-refractivity contribution in [3.05, 3.63) is 29.3 Å². The number of nitrogens with one attached hydrogen (secondary N) is 1. The van der Waals surface area contributed by atoms with Crippen molar-refractivity contribution in [1.82, 2.24) is 5.32 Å². The van der Waals surface area contributed by atoms with Crippen LogP contribution in [0, 0.1) is 6.92 Å². The Hall–Kier alpha value is -1.59. The van der Waals surface area contributed by atoms with Crippen molar-refractivity contribution in [3.8, 4) is 5.75 Å². The quantitative estimate of drug-likeness (QED) is 0.701. The molecule has 0 aliphatic heterocycles. The molecule has 0 aromatic heterocycles. The Morgan fingerprint density at radius 1 is 1.50 bits per heavy atom. The molecule has 0 saturated carbocycles. The number of hydrogen-bond donors (Lipinski definition) is 3. The van der Waals surface area contributed by atoms with Gasteiger partial charge in [-0.1, -0.05) is 0 Å². The Morgan fingerprint density at radius 2 is 2.22 bits per heavy atom. The Labute approximate surface area is 106 Å². The molecule has 1 unspecified atom stereocenters. The summed E-state index contributed by atoms with van der Waals surface area (Å²) in [5, 5.41) is 21.2. The number of hydrogen-bond acceptors (Lipinski definition) is 4. The van der Waals surface area contributed by atoms with Crippen LogP contribution in [-0.2, 0) is 4.74 Å². The molecule has 5 heteroatoms. The Bertz CT molecular complexity index is 406. The average molecular weight is 253 g/mol. The van der Waals surface area contributed by atoms with Gasteiger partial charge in [-0.2, -0.15) is 0 Å². The molecular formula is C13H19NO4. The molecule has 0 heterocycles. The summed E-state index contributed by atoms with van der Waals surface area (Å²) in [5.41, 5.74) is 1.18. The summed E-state index contributed by atoms with van der Waals surface area (Å²) in [6.45, 7) is 2.09. The molecule has 0 radical (unpaired) electrons. The normalized spacial score (nSPS) is 12.2. The smallest absolute Gasteiger partial charge is 0.251 e. The summed E-state index contributed by atoms with van der Waals surface area (Å²) < 4.78 is 4.91. The fourth-order valence-electron chi connectivity index (χ4n) is 1.63. The maximum atomic E-state index is 12.0. The van der Waals surface area contributed by atoms with Crippen molar-refractivity contribution in [2.45, 2.75) is 19.4 Å². The third-order valence-corrected chi connectivity index (χ3v) is 2.68. The van der Waals surface area contributed by atoms with E-state index in [-0.39, 0.29) is 24.3 Å². The number of phenolic OH excluding ortho intramolecular Hbond substituents is 1. The molecule has 1 rings (SSSR count). The second-order valence-corrected chi connectivity index (χ2v) is 4.13. The van der Waals surface area contributed by atoms with E-state index in [4.69, 9.17) is 9.84 Å². The molecule has 18 heavy (non-hydrogen) atoms. The summed E-state index contributed by atoms with van der Waals surface area (Å²) in [5.74, 6) is -0.134. The first-order valence-corrected chi connectivity index (χ1v) is 5.78. The van der Waals surface area contributed by atoms with E-state index in [0.29, 0.717) is 24.2 Å². The largest absolute Gasteiger partial charge is 0.508 e. The van der Waals surface area contributed by atoms with Gasteiger partial charge in [0.05, 0.1) is 12.6 Å². The predicted octanol–water partition coefficient (Wildman–Crippen LogP) is 0.828. The molecule has 0 aliphatic rings. The highest BCUT2D eigenvalue weighted by Gasteiger charge is 2.14. The fraction of sp³-hybridized carbons (Fsp3) is 0.462. The van der Waals surface area contributed by atoms with E-state index in [9.17, 15) is 9.90 Å². The molecule has 0 saturated heterocycles. The summed E-state index contributed by atoms with van der Waals surface area (Å²) in [6, 6.07) is 4.22. The van der Waals surface area contributed by atoms with Crippen molar-refractivity contribution < 1.29 is 19.7 Å². The van der Waals surface area contributed by atoms with Crippen molar-refractivity contribution in [1.29, 1.82) is 0 Å². The van der Waals surface area contributed by atoms with Crippen LogP contribution in [-0.4, -0.2) is 42.5 Å². The van der Waals surface area contributed by atoms with Crippen LogP contribution in [0.4, 0.5) is 0 Å². The second-order valence-electron chi connectivity index (χ2n) is 4.13. The van der Waals surface area contributed by atoms with Gasteiger partial charge in [0.15, 0.2) is 0 Å². The zero-order valence-electron chi connectivity index (χ0n) is 10.6. The van der Waals surface area contributed by atoms with Crippen molar-refractivity contribution in [2.75, 3.05) is 20.3 Å². The lowest BCUT2D eigenvalue weighted by Crippen LogP contribution is -2.38. The number of amides is 1. The molecule has 1 aromatic carbocycles. The van der Waals surface area contributed by atoms with Gasteiger partial charge >= 0.3 is 0 Å². The molecule has 0 fully saturated rings. The molecule has 0 bridgehead atoms. The summed E-state index contributed by atoms with van der Waals surface area (Å²) in [6.07, 6.45) is 0.551. The van der Waals surface area contributed by atoms with Gasteiger partial charge in [-0.25, -0.2) is 0 Å². The standard InChI is InChI=1S/C13H19NO4/c1-9-7-11(16)3-4-12(9)13(17)14-10(8-15)5-6-18-2/h3-4,7,10,15-16H,5-6,8H2,1-2H3,(H,14,17). The summed E-state index contributed by atoms with van der Waals surface area (Å²) >= 11 is 0. The molecule has 0 spiro atoms. The van der Waals surface area contributed by atoms with Crippen LogP contribution in [0.5, 0.6) is 5.75 Å². The van der Waals surface area contributed by atoms with Gasteiger partial charge in [0, 0.05) is 19.3 Å². The minimum Gasteiger partial charge on any atom is -0.508 e. The number of aliphatic hydroxyl groups is 1. The zero-order chi connectivity index (χ0) is 13.5. The minimum absolute atomic E-state index is 0.127. The first-order chi connectivity index (χ1) is 8.58. The van der Waals surface area contributed by atoms with Crippen molar-refractivity contribution in [3.63, 3.8) is 0 Å². The van der Waals surface area contributed by atoms with E-state index in [1.165, 1.54) is 12.1 Å². The lowest BCUT2D eigenvalue weighted by atomic mass is 10.1. The number of phenols is 1. The topological polar surface area (TPSA) is 78.8 Å². The SMILES string of the molecule is COCCC(CO)NC(=O)c1ccc(O)cc1C. The number of rotatable bonds is 6.